The summed E-state index contributed by atoms with van der Waals surface area (Å²) in [5, 5.41) is 16.1. The van der Waals surface area contributed by atoms with Gasteiger partial charge < -0.3 is 20.3 Å². The van der Waals surface area contributed by atoms with Gasteiger partial charge in [-0.3, -0.25) is 0 Å². The fraction of sp³-hybridized carbons (Fsp3) is 0.261. The first-order valence-corrected chi connectivity index (χ1v) is 10.1. The summed E-state index contributed by atoms with van der Waals surface area (Å²) in [6.45, 7) is 2.66. The lowest BCUT2D eigenvalue weighted by Gasteiger charge is -2.15. The number of aryl methyl sites for hydroxylation is 1. The van der Waals surface area contributed by atoms with E-state index in [4.69, 9.17) is 0 Å². The average molecular weight is 403 g/mol. The van der Waals surface area contributed by atoms with Crippen molar-refractivity contribution in [1.82, 2.24) is 19.5 Å². The molecular weight excluding hydrogens is 376 g/mol. The van der Waals surface area contributed by atoms with E-state index in [1.807, 2.05) is 36.7 Å². The minimum absolute atomic E-state index is 0.0276. The van der Waals surface area contributed by atoms with Crippen LogP contribution in [-0.4, -0.2) is 37.3 Å². The van der Waals surface area contributed by atoms with Crippen LogP contribution >= 0.6 is 0 Å². The standard InChI is InChI=1S/C23H26N6O/c1-3-19(14-30)26-23-27-21(20-22(28-23)29(2)15-25-20)24-13-16-9-11-18(12-10-16)17-7-5-4-6-8-17/h4-12,15,19,30H,3,13-14H2,1-2H3,(H2,24,26,27,28)/t19-/m1/s1. The predicted octanol–water partition coefficient (Wildman–Crippen LogP) is 3.83. The van der Waals surface area contributed by atoms with Gasteiger partial charge in [-0.2, -0.15) is 9.97 Å². The number of fused-ring (bicyclic) bond motifs is 1. The smallest absolute Gasteiger partial charge is 0.227 e. The van der Waals surface area contributed by atoms with Crippen molar-refractivity contribution in [1.29, 1.82) is 0 Å². The van der Waals surface area contributed by atoms with Crippen molar-refractivity contribution in [3.05, 3.63) is 66.5 Å². The maximum atomic E-state index is 9.49. The Kier molecular flexibility index (Phi) is 5.90. The van der Waals surface area contributed by atoms with Crippen LogP contribution < -0.4 is 10.6 Å². The van der Waals surface area contributed by atoms with Crippen molar-refractivity contribution in [3.8, 4) is 11.1 Å². The molecule has 4 aromatic rings. The molecule has 0 unspecified atom stereocenters. The average Bonchev–Trinajstić information content (AvgIpc) is 3.17. The molecule has 2 aromatic heterocycles. The minimum Gasteiger partial charge on any atom is -0.394 e. The van der Waals surface area contributed by atoms with Gasteiger partial charge in [0.05, 0.1) is 19.0 Å². The molecule has 154 valence electrons. The zero-order valence-corrected chi connectivity index (χ0v) is 17.2. The normalized spacial score (nSPS) is 12.1. The van der Waals surface area contributed by atoms with Gasteiger partial charge >= 0.3 is 0 Å². The molecule has 30 heavy (non-hydrogen) atoms. The van der Waals surface area contributed by atoms with Crippen molar-refractivity contribution in [2.75, 3.05) is 17.2 Å². The lowest BCUT2D eigenvalue weighted by Crippen LogP contribution is -2.24. The number of imidazole rings is 1. The summed E-state index contributed by atoms with van der Waals surface area (Å²) in [5.41, 5.74) is 5.00. The van der Waals surface area contributed by atoms with E-state index in [0.29, 0.717) is 18.3 Å². The molecule has 7 nitrogen and oxygen atoms in total. The van der Waals surface area contributed by atoms with Crippen LogP contribution in [0, 0.1) is 0 Å². The molecule has 0 amide bonds. The fourth-order valence-electron chi connectivity index (χ4n) is 3.29. The van der Waals surface area contributed by atoms with Gasteiger partial charge in [0.25, 0.3) is 0 Å². The van der Waals surface area contributed by atoms with Gasteiger partial charge in [-0.15, -0.1) is 0 Å². The second-order valence-electron chi connectivity index (χ2n) is 7.27. The number of nitrogens with one attached hydrogen (secondary N) is 2. The van der Waals surface area contributed by atoms with Gasteiger partial charge in [-0.05, 0) is 23.1 Å². The summed E-state index contributed by atoms with van der Waals surface area (Å²) in [7, 11) is 1.90. The molecule has 4 rings (SSSR count). The number of hydrogen-bond acceptors (Lipinski definition) is 6. The third-order valence-corrected chi connectivity index (χ3v) is 5.13. The Balaban J connectivity index is 1.54. The summed E-state index contributed by atoms with van der Waals surface area (Å²) in [4.78, 5) is 13.6. The molecule has 1 atom stereocenters. The molecule has 0 aliphatic rings. The Morgan fingerprint density at radius 3 is 2.43 bits per heavy atom. The molecule has 0 spiro atoms. The number of hydrogen-bond donors (Lipinski definition) is 3. The molecule has 3 N–H and O–H groups in total. The van der Waals surface area contributed by atoms with Crippen molar-refractivity contribution < 1.29 is 5.11 Å². The van der Waals surface area contributed by atoms with Crippen LogP contribution in [0.15, 0.2) is 60.9 Å². The third kappa shape index (κ3) is 4.26. The Morgan fingerprint density at radius 2 is 1.73 bits per heavy atom. The number of benzene rings is 2. The molecule has 0 saturated heterocycles. The van der Waals surface area contributed by atoms with Gasteiger partial charge in [-0.1, -0.05) is 61.5 Å². The van der Waals surface area contributed by atoms with E-state index in [1.54, 1.807) is 6.33 Å². The summed E-state index contributed by atoms with van der Waals surface area (Å²) >= 11 is 0. The van der Waals surface area contributed by atoms with Crippen LogP contribution in [-0.2, 0) is 13.6 Å². The lowest BCUT2D eigenvalue weighted by atomic mass is 10.0. The van der Waals surface area contributed by atoms with E-state index in [2.05, 4.69) is 62.0 Å². The summed E-state index contributed by atoms with van der Waals surface area (Å²) in [6.07, 6.45) is 2.51. The predicted molar refractivity (Wildman–Crippen MR) is 120 cm³/mol. The zero-order valence-electron chi connectivity index (χ0n) is 17.2. The van der Waals surface area contributed by atoms with Crippen LogP contribution in [0.3, 0.4) is 0 Å². The van der Waals surface area contributed by atoms with Crippen molar-refractivity contribution in [3.63, 3.8) is 0 Å². The number of aliphatic hydroxyl groups excluding tert-OH is 1. The highest BCUT2D eigenvalue weighted by Gasteiger charge is 2.14. The number of aromatic nitrogens is 4. The zero-order chi connectivity index (χ0) is 20.9. The molecule has 0 saturated carbocycles. The number of aliphatic hydroxyl groups is 1. The monoisotopic (exact) mass is 402 g/mol. The van der Waals surface area contributed by atoms with Crippen LogP contribution in [0.25, 0.3) is 22.3 Å². The first-order valence-electron chi connectivity index (χ1n) is 10.1. The second-order valence-corrected chi connectivity index (χ2v) is 7.27. The summed E-state index contributed by atoms with van der Waals surface area (Å²) in [6, 6.07) is 18.7. The number of nitrogens with zero attached hydrogens (tertiary/aromatic N) is 4. The Labute approximate surface area is 175 Å². The lowest BCUT2D eigenvalue weighted by molar-refractivity contribution is 0.271. The van der Waals surface area contributed by atoms with Crippen molar-refractivity contribution in [2.45, 2.75) is 25.9 Å². The SMILES string of the molecule is CC[C@H](CO)Nc1nc(NCc2ccc(-c3ccccc3)cc2)c2ncn(C)c2n1. The Bertz CT molecular complexity index is 1100. The van der Waals surface area contributed by atoms with E-state index in [-0.39, 0.29) is 12.6 Å². The quantitative estimate of drug-likeness (QED) is 0.415. The van der Waals surface area contributed by atoms with E-state index in [9.17, 15) is 5.11 Å². The van der Waals surface area contributed by atoms with Gasteiger partial charge in [0, 0.05) is 13.6 Å². The summed E-state index contributed by atoms with van der Waals surface area (Å²) < 4.78 is 1.86. The molecule has 2 heterocycles. The summed E-state index contributed by atoms with van der Waals surface area (Å²) in [5.74, 6) is 1.15. The molecule has 0 fully saturated rings. The molecule has 0 aliphatic heterocycles. The first-order chi connectivity index (χ1) is 14.7. The van der Waals surface area contributed by atoms with E-state index < -0.39 is 0 Å². The highest BCUT2D eigenvalue weighted by Crippen LogP contribution is 2.23. The van der Waals surface area contributed by atoms with Crippen LogP contribution in [0.2, 0.25) is 0 Å². The fourth-order valence-corrected chi connectivity index (χ4v) is 3.29. The van der Waals surface area contributed by atoms with Crippen molar-refractivity contribution in [2.24, 2.45) is 7.05 Å². The molecule has 0 radical (unpaired) electrons. The first kappa shape index (κ1) is 19.8. The largest absolute Gasteiger partial charge is 0.394 e. The maximum absolute atomic E-state index is 9.49. The highest BCUT2D eigenvalue weighted by atomic mass is 16.3. The van der Waals surface area contributed by atoms with Gasteiger partial charge in [-0.25, -0.2) is 4.98 Å². The van der Waals surface area contributed by atoms with Crippen LogP contribution in [0.1, 0.15) is 18.9 Å². The molecule has 7 heteroatoms. The topological polar surface area (TPSA) is 87.9 Å². The third-order valence-electron chi connectivity index (χ3n) is 5.13. The van der Waals surface area contributed by atoms with E-state index in [1.165, 1.54) is 11.1 Å². The molecule has 0 aliphatic carbocycles. The highest BCUT2D eigenvalue weighted by molar-refractivity contribution is 5.84. The van der Waals surface area contributed by atoms with E-state index in [0.717, 1.165) is 23.1 Å². The minimum atomic E-state index is -0.0888. The maximum Gasteiger partial charge on any atom is 0.227 e. The van der Waals surface area contributed by atoms with Gasteiger partial charge in [0.15, 0.2) is 17.0 Å². The van der Waals surface area contributed by atoms with Gasteiger partial charge in [0.1, 0.15) is 0 Å². The van der Waals surface area contributed by atoms with E-state index >= 15 is 0 Å². The van der Waals surface area contributed by atoms with Gasteiger partial charge in [0.2, 0.25) is 5.95 Å². The number of anilines is 2. The Morgan fingerprint density at radius 1 is 1.00 bits per heavy atom. The Hall–Kier alpha value is -3.45. The second kappa shape index (κ2) is 8.92. The molecule has 0 bridgehead atoms. The van der Waals surface area contributed by atoms with Crippen LogP contribution in [0.4, 0.5) is 11.8 Å². The van der Waals surface area contributed by atoms with Crippen LogP contribution in [0.5, 0.6) is 0 Å². The van der Waals surface area contributed by atoms with Crippen molar-refractivity contribution >= 4 is 22.9 Å². The molecular formula is C23H26N6O. The number of rotatable bonds is 8. The molecule has 2 aromatic carbocycles.